The van der Waals surface area contributed by atoms with Gasteiger partial charge in [-0.2, -0.15) is 0 Å². The highest BCUT2D eigenvalue weighted by atomic mass is 19.1. The van der Waals surface area contributed by atoms with Crippen LogP contribution in [-0.4, -0.2) is 4.98 Å². The minimum atomic E-state index is -0.166. The van der Waals surface area contributed by atoms with Crippen LogP contribution in [0.4, 0.5) is 4.39 Å². The summed E-state index contributed by atoms with van der Waals surface area (Å²) in [6.45, 7) is 4.07. The maximum Gasteiger partial charge on any atom is 0.147 e. The number of hydrogen-bond acceptors (Lipinski definition) is 0. The van der Waals surface area contributed by atoms with E-state index in [0.717, 1.165) is 17.5 Å². The van der Waals surface area contributed by atoms with Crippen molar-refractivity contribution in [2.24, 2.45) is 0 Å². The summed E-state index contributed by atoms with van der Waals surface area (Å²) in [6.07, 6.45) is 0.940. The molecule has 0 saturated carbocycles. The molecule has 0 unspecified atom stereocenters. The second-order valence-corrected chi connectivity index (χ2v) is 3.24. The molecular weight excluding hydrogens is 165 g/mol. The molecule has 13 heavy (non-hydrogen) atoms. The van der Waals surface area contributed by atoms with Crippen molar-refractivity contribution in [2.45, 2.75) is 20.3 Å². The lowest BCUT2D eigenvalue weighted by atomic mass is 10.1. The van der Waals surface area contributed by atoms with E-state index in [9.17, 15) is 4.39 Å². The van der Waals surface area contributed by atoms with Crippen molar-refractivity contribution >= 4 is 10.9 Å². The summed E-state index contributed by atoms with van der Waals surface area (Å²) in [7, 11) is 0. The average molecular weight is 177 g/mol. The van der Waals surface area contributed by atoms with Crippen LogP contribution in [0.1, 0.15) is 18.2 Å². The first-order valence-electron chi connectivity index (χ1n) is 4.49. The standard InChI is InChI=1S/C11H12FN/c1-3-8-7(2)13-11-9(8)5-4-6-10(11)12/h4-6,13H,3H2,1-2H3. The van der Waals surface area contributed by atoms with Gasteiger partial charge in [0.1, 0.15) is 5.82 Å². The summed E-state index contributed by atoms with van der Waals surface area (Å²) >= 11 is 0. The van der Waals surface area contributed by atoms with Gasteiger partial charge in [0.15, 0.2) is 0 Å². The van der Waals surface area contributed by atoms with Crippen LogP contribution >= 0.6 is 0 Å². The largest absolute Gasteiger partial charge is 0.356 e. The Labute approximate surface area is 76.6 Å². The van der Waals surface area contributed by atoms with Crippen molar-refractivity contribution in [2.75, 3.05) is 0 Å². The van der Waals surface area contributed by atoms with E-state index in [1.54, 1.807) is 6.07 Å². The molecule has 0 spiro atoms. The Morgan fingerprint density at radius 3 is 2.85 bits per heavy atom. The van der Waals surface area contributed by atoms with E-state index >= 15 is 0 Å². The van der Waals surface area contributed by atoms with Crippen molar-refractivity contribution in [3.8, 4) is 0 Å². The number of aromatic nitrogens is 1. The minimum Gasteiger partial charge on any atom is -0.356 e. The van der Waals surface area contributed by atoms with E-state index in [1.165, 1.54) is 11.6 Å². The molecule has 1 nitrogen and oxygen atoms in total. The molecule has 0 radical (unpaired) electrons. The van der Waals surface area contributed by atoms with Gasteiger partial charge in [-0.1, -0.05) is 19.1 Å². The van der Waals surface area contributed by atoms with Gasteiger partial charge in [-0.05, 0) is 25.0 Å². The molecular formula is C11H12FN. The van der Waals surface area contributed by atoms with E-state index in [0.29, 0.717) is 5.52 Å². The normalized spacial score (nSPS) is 11.0. The van der Waals surface area contributed by atoms with Gasteiger partial charge in [-0.25, -0.2) is 4.39 Å². The third-order valence-electron chi connectivity index (χ3n) is 2.46. The Hall–Kier alpha value is -1.31. The molecule has 0 aliphatic rings. The fraction of sp³-hybridized carbons (Fsp3) is 0.273. The highest BCUT2D eigenvalue weighted by molar-refractivity contribution is 5.85. The summed E-state index contributed by atoms with van der Waals surface area (Å²) < 4.78 is 13.3. The molecule has 0 bridgehead atoms. The molecule has 1 aromatic heterocycles. The highest BCUT2D eigenvalue weighted by Crippen LogP contribution is 2.24. The average Bonchev–Trinajstić information content (AvgIpc) is 2.43. The number of benzene rings is 1. The number of para-hydroxylation sites is 1. The Bertz CT molecular complexity index is 443. The zero-order valence-electron chi connectivity index (χ0n) is 7.82. The van der Waals surface area contributed by atoms with E-state index in [2.05, 4.69) is 11.9 Å². The second-order valence-electron chi connectivity index (χ2n) is 3.24. The predicted octanol–water partition coefficient (Wildman–Crippen LogP) is 3.18. The molecule has 2 aromatic rings. The zero-order chi connectivity index (χ0) is 9.42. The highest BCUT2D eigenvalue weighted by Gasteiger charge is 2.08. The zero-order valence-corrected chi connectivity index (χ0v) is 7.82. The Kier molecular flexibility index (Phi) is 1.83. The van der Waals surface area contributed by atoms with Crippen LogP contribution in [0, 0.1) is 12.7 Å². The molecule has 0 saturated heterocycles. The van der Waals surface area contributed by atoms with E-state index in [4.69, 9.17) is 0 Å². The van der Waals surface area contributed by atoms with Gasteiger partial charge in [0, 0.05) is 11.1 Å². The number of fused-ring (bicyclic) bond motifs is 1. The minimum absolute atomic E-state index is 0.166. The van der Waals surface area contributed by atoms with Crippen LogP contribution in [0.3, 0.4) is 0 Å². The molecule has 0 aliphatic carbocycles. The topological polar surface area (TPSA) is 15.8 Å². The van der Waals surface area contributed by atoms with Crippen LogP contribution in [0.15, 0.2) is 18.2 Å². The number of aromatic amines is 1. The number of H-pyrrole nitrogens is 1. The van der Waals surface area contributed by atoms with Gasteiger partial charge in [0.2, 0.25) is 0 Å². The van der Waals surface area contributed by atoms with Gasteiger partial charge < -0.3 is 4.98 Å². The maximum absolute atomic E-state index is 13.3. The number of nitrogens with one attached hydrogen (secondary N) is 1. The molecule has 68 valence electrons. The third kappa shape index (κ3) is 1.13. The summed E-state index contributed by atoms with van der Waals surface area (Å²) in [5, 5.41) is 1.01. The fourth-order valence-electron chi connectivity index (χ4n) is 1.82. The molecule has 1 N–H and O–H groups in total. The van der Waals surface area contributed by atoms with Gasteiger partial charge in [-0.3, -0.25) is 0 Å². The monoisotopic (exact) mass is 177 g/mol. The first kappa shape index (κ1) is 8.30. The lowest BCUT2D eigenvalue weighted by Crippen LogP contribution is -1.80. The van der Waals surface area contributed by atoms with Crippen molar-refractivity contribution < 1.29 is 4.39 Å². The first-order valence-corrected chi connectivity index (χ1v) is 4.49. The van der Waals surface area contributed by atoms with Crippen LogP contribution in [0.5, 0.6) is 0 Å². The quantitative estimate of drug-likeness (QED) is 0.688. The van der Waals surface area contributed by atoms with Crippen molar-refractivity contribution in [1.29, 1.82) is 0 Å². The van der Waals surface area contributed by atoms with Crippen molar-refractivity contribution in [1.82, 2.24) is 4.98 Å². The Balaban J connectivity index is 2.86. The number of hydrogen-bond donors (Lipinski definition) is 1. The Morgan fingerprint density at radius 2 is 2.15 bits per heavy atom. The van der Waals surface area contributed by atoms with E-state index in [-0.39, 0.29) is 5.82 Å². The molecule has 0 amide bonds. The molecule has 0 aliphatic heterocycles. The molecule has 1 aromatic carbocycles. The number of aryl methyl sites for hydroxylation is 2. The molecule has 2 rings (SSSR count). The summed E-state index contributed by atoms with van der Waals surface area (Å²) in [6, 6.07) is 5.20. The lowest BCUT2D eigenvalue weighted by molar-refractivity contribution is 0.637. The van der Waals surface area contributed by atoms with Crippen LogP contribution in [-0.2, 0) is 6.42 Å². The molecule has 2 heteroatoms. The van der Waals surface area contributed by atoms with Crippen LogP contribution in [0.25, 0.3) is 10.9 Å². The Morgan fingerprint density at radius 1 is 1.38 bits per heavy atom. The molecule has 0 fully saturated rings. The van der Waals surface area contributed by atoms with Crippen LogP contribution < -0.4 is 0 Å². The summed E-state index contributed by atoms with van der Waals surface area (Å²) in [5.41, 5.74) is 2.92. The van der Waals surface area contributed by atoms with Crippen LogP contribution in [0.2, 0.25) is 0 Å². The smallest absolute Gasteiger partial charge is 0.147 e. The van der Waals surface area contributed by atoms with E-state index < -0.39 is 0 Å². The summed E-state index contributed by atoms with van der Waals surface area (Å²) in [5.74, 6) is -0.166. The lowest BCUT2D eigenvalue weighted by Gasteiger charge is -1.94. The number of halogens is 1. The second kappa shape index (κ2) is 2.87. The van der Waals surface area contributed by atoms with Gasteiger partial charge in [0.25, 0.3) is 0 Å². The third-order valence-corrected chi connectivity index (χ3v) is 2.46. The van der Waals surface area contributed by atoms with Gasteiger partial charge in [0.05, 0.1) is 5.52 Å². The van der Waals surface area contributed by atoms with Crippen molar-refractivity contribution in [3.63, 3.8) is 0 Å². The van der Waals surface area contributed by atoms with Gasteiger partial charge >= 0.3 is 0 Å². The van der Waals surface area contributed by atoms with E-state index in [1.807, 2.05) is 13.0 Å². The summed E-state index contributed by atoms with van der Waals surface area (Å²) in [4.78, 5) is 3.07. The fourth-order valence-corrected chi connectivity index (χ4v) is 1.82. The SMILES string of the molecule is CCc1c(C)[nH]c2c(F)cccc12. The molecule has 0 atom stereocenters. The first-order chi connectivity index (χ1) is 6.24. The number of rotatable bonds is 1. The predicted molar refractivity (Wildman–Crippen MR) is 52.4 cm³/mol. The van der Waals surface area contributed by atoms with Gasteiger partial charge in [-0.15, -0.1) is 0 Å². The van der Waals surface area contributed by atoms with Crippen molar-refractivity contribution in [3.05, 3.63) is 35.3 Å². The maximum atomic E-state index is 13.3. The molecule has 1 heterocycles.